The van der Waals surface area contributed by atoms with E-state index < -0.39 is 0 Å². The van der Waals surface area contributed by atoms with Gasteiger partial charge >= 0.3 is 0 Å². The molecule has 7 nitrogen and oxygen atoms in total. The Hall–Kier alpha value is -3.10. The molecule has 1 aliphatic heterocycles. The molecule has 174 valence electrons. The molecular weight excluding hydrogens is 448 g/mol. The summed E-state index contributed by atoms with van der Waals surface area (Å²) in [5.74, 6) is 2.01. The first kappa shape index (κ1) is 22.7. The Kier molecular flexibility index (Phi) is 6.97. The molecule has 0 aromatic carbocycles. The van der Waals surface area contributed by atoms with Crippen LogP contribution in [-0.4, -0.2) is 31.9 Å². The normalized spacial score (nSPS) is 21.9. The SMILES string of the molecule is O=C1CC(=O)/C(=C/c2ccnc(CC3CCC(NCc4cccnc4-c4ccco4)CC3)n2)S1. The first-order valence-corrected chi connectivity index (χ1v) is 12.4. The Morgan fingerprint density at radius 1 is 1.06 bits per heavy atom. The van der Waals surface area contributed by atoms with Gasteiger partial charge in [-0.1, -0.05) is 6.07 Å². The van der Waals surface area contributed by atoms with Gasteiger partial charge in [-0.3, -0.25) is 14.6 Å². The van der Waals surface area contributed by atoms with Crippen LogP contribution >= 0.6 is 11.8 Å². The summed E-state index contributed by atoms with van der Waals surface area (Å²) >= 11 is 1.01. The third-order valence-electron chi connectivity index (χ3n) is 6.35. The molecule has 0 atom stereocenters. The third-order valence-corrected chi connectivity index (χ3v) is 7.29. The van der Waals surface area contributed by atoms with Crippen LogP contribution in [0.15, 0.2) is 58.3 Å². The average molecular weight is 475 g/mol. The van der Waals surface area contributed by atoms with Crippen molar-refractivity contribution in [2.24, 2.45) is 5.92 Å². The molecule has 1 saturated heterocycles. The summed E-state index contributed by atoms with van der Waals surface area (Å²) < 4.78 is 5.54. The summed E-state index contributed by atoms with van der Waals surface area (Å²) in [6.07, 6.45) is 12.2. The number of pyridine rings is 1. The summed E-state index contributed by atoms with van der Waals surface area (Å²) in [7, 11) is 0. The molecule has 0 bridgehead atoms. The second kappa shape index (κ2) is 10.4. The minimum atomic E-state index is -0.122. The van der Waals surface area contributed by atoms with Gasteiger partial charge in [0.05, 0.1) is 23.3 Å². The van der Waals surface area contributed by atoms with E-state index >= 15 is 0 Å². The van der Waals surface area contributed by atoms with Gasteiger partial charge in [0.2, 0.25) is 5.12 Å². The fourth-order valence-electron chi connectivity index (χ4n) is 4.57. The predicted octanol–water partition coefficient (Wildman–Crippen LogP) is 4.60. The first-order valence-electron chi connectivity index (χ1n) is 11.6. The Labute approximate surface area is 202 Å². The standard InChI is InChI=1S/C26H26N4O3S/c31-21-15-25(32)34-23(21)14-20-9-11-27-24(30-20)13-17-5-7-19(8-6-17)29-16-18-3-1-10-28-26(18)22-4-2-12-33-22/h1-4,9-12,14,17,19,29H,5-8,13,15-16H2/b23-14-. The molecule has 3 aromatic rings. The highest BCUT2D eigenvalue weighted by Crippen LogP contribution is 2.31. The lowest BCUT2D eigenvalue weighted by Gasteiger charge is -2.29. The lowest BCUT2D eigenvalue weighted by molar-refractivity contribution is -0.119. The minimum absolute atomic E-state index is 0.0172. The van der Waals surface area contributed by atoms with E-state index in [4.69, 9.17) is 4.42 Å². The van der Waals surface area contributed by atoms with Crippen molar-refractivity contribution in [1.29, 1.82) is 0 Å². The topological polar surface area (TPSA) is 98.0 Å². The molecule has 34 heavy (non-hydrogen) atoms. The Morgan fingerprint density at radius 2 is 1.94 bits per heavy atom. The number of furan rings is 1. The quantitative estimate of drug-likeness (QED) is 0.392. The lowest BCUT2D eigenvalue weighted by Crippen LogP contribution is -2.33. The van der Waals surface area contributed by atoms with Crippen molar-refractivity contribution in [3.8, 4) is 11.5 Å². The smallest absolute Gasteiger partial charge is 0.201 e. The molecule has 8 heteroatoms. The van der Waals surface area contributed by atoms with Crippen LogP contribution in [0.5, 0.6) is 0 Å². The van der Waals surface area contributed by atoms with E-state index in [0.717, 1.165) is 73.3 Å². The van der Waals surface area contributed by atoms with Crippen LogP contribution in [0.3, 0.4) is 0 Å². The highest BCUT2D eigenvalue weighted by Gasteiger charge is 2.26. The number of rotatable bonds is 7. The number of carbonyl (C=O) groups is 2. The number of Topliss-reactive ketones (excluding diaryl/α,β-unsaturated/α-hetero) is 1. The summed E-state index contributed by atoms with van der Waals surface area (Å²) in [6.45, 7) is 0.762. The van der Waals surface area contributed by atoms with E-state index in [0.29, 0.717) is 22.6 Å². The van der Waals surface area contributed by atoms with Crippen molar-refractivity contribution in [2.75, 3.05) is 0 Å². The number of hydrogen-bond acceptors (Lipinski definition) is 8. The largest absolute Gasteiger partial charge is 0.463 e. The second-order valence-electron chi connectivity index (χ2n) is 8.77. The molecule has 1 aliphatic carbocycles. The monoisotopic (exact) mass is 474 g/mol. The molecule has 1 N–H and O–H groups in total. The van der Waals surface area contributed by atoms with Gasteiger partial charge < -0.3 is 9.73 Å². The third kappa shape index (κ3) is 5.51. The molecule has 5 rings (SSSR count). The number of nitrogens with one attached hydrogen (secondary N) is 1. The molecule has 0 amide bonds. The molecule has 2 aliphatic rings. The van der Waals surface area contributed by atoms with Gasteiger partial charge in [-0.25, -0.2) is 9.97 Å². The van der Waals surface area contributed by atoms with E-state index in [1.165, 1.54) is 0 Å². The van der Waals surface area contributed by atoms with Gasteiger partial charge in [-0.15, -0.1) is 0 Å². The molecule has 3 aromatic heterocycles. The molecule has 0 radical (unpaired) electrons. The molecule has 0 spiro atoms. The minimum Gasteiger partial charge on any atom is -0.463 e. The molecule has 0 unspecified atom stereocenters. The van der Waals surface area contributed by atoms with Gasteiger partial charge in [-0.05, 0) is 79.3 Å². The number of carbonyl (C=O) groups excluding carboxylic acids is 2. The first-order chi connectivity index (χ1) is 16.6. The van der Waals surface area contributed by atoms with Crippen LogP contribution in [0, 0.1) is 5.92 Å². The van der Waals surface area contributed by atoms with E-state index in [2.05, 4.69) is 26.3 Å². The Morgan fingerprint density at radius 3 is 2.71 bits per heavy atom. The van der Waals surface area contributed by atoms with E-state index in [1.807, 2.05) is 18.2 Å². The zero-order valence-electron chi connectivity index (χ0n) is 18.8. The Balaban J connectivity index is 1.13. The predicted molar refractivity (Wildman–Crippen MR) is 130 cm³/mol. The summed E-state index contributed by atoms with van der Waals surface area (Å²) in [6, 6.07) is 10.1. The zero-order valence-corrected chi connectivity index (χ0v) is 19.6. The number of hydrogen-bond donors (Lipinski definition) is 1. The van der Waals surface area contributed by atoms with Crippen molar-refractivity contribution in [3.63, 3.8) is 0 Å². The number of aromatic nitrogens is 3. The number of thioether (sulfide) groups is 1. The van der Waals surface area contributed by atoms with Crippen LogP contribution < -0.4 is 5.32 Å². The van der Waals surface area contributed by atoms with Crippen LogP contribution in [0.2, 0.25) is 0 Å². The van der Waals surface area contributed by atoms with Gasteiger partial charge in [0.25, 0.3) is 0 Å². The summed E-state index contributed by atoms with van der Waals surface area (Å²) in [5, 5.41) is 3.60. The van der Waals surface area contributed by atoms with Gasteiger partial charge in [0.15, 0.2) is 11.5 Å². The van der Waals surface area contributed by atoms with Gasteiger partial charge in [0, 0.05) is 31.4 Å². The van der Waals surface area contributed by atoms with Crippen molar-refractivity contribution in [1.82, 2.24) is 20.3 Å². The van der Waals surface area contributed by atoms with Crippen LogP contribution in [-0.2, 0) is 22.6 Å². The number of nitrogens with zero attached hydrogens (tertiary/aromatic N) is 3. The highest BCUT2D eigenvalue weighted by molar-refractivity contribution is 8.18. The number of allylic oxidation sites excluding steroid dienone is 1. The lowest BCUT2D eigenvalue weighted by atomic mass is 9.84. The fraction of sp³-hybridized carbons (Fsp3) is 0.346. The van der Waals surface area contributed by atoms with Crippen molar-refractivity contribution in [3.05, 3.63) is 71.0 Å². The van der Waals surface area contributed by atoms with Crippen molar-refractivity contribution < 1.29 is 14.0 Å². The van der Waals surface area contributed by atoms with Crippen molar-refractivity contribution >= 4 is 28.7 Å². The van der Waals surface area contributed by atoms with Gasteiger partial charge in [0.1, 0.15) is 11.5 Å². The molecule has 2 fully saturated rings. The second-order valence-corrected chi connectivity index (χ2v) is 9.87. The highest BCUT2D eigenvalue weighted by atomic mass is 32.2. The van der Waals surface area contributed by atoms with Crippen molar-refractivity contribution in [2.45, 2.75) is 51.1 Å². The fourth-order valence-corrected chi connectivity index (χ4v) is 5.39. The van der Waals surface area contributed by atoms with E-state index in [9.17, 15) is 9.59 Å². The molecule has 4 heterocycles. The zero-order chi connectivity index (χ0) is 23.3. The summed E-state index contributed by atoms with van der Waals surface area (Å²) in [5.41, 5.74) is 2.72. The maximum absolute atomic E-state index is 11.9. The Bertz CT molecular complexity index is 1200. The van der Waals surface area contributed by atoms with E-state index in [1.54, 1.807) is 30.8 Å². The molecular formula is C26H26N4O3S. The van der Waals surface area contributed by atoms with Gasteiger partial charge in [-0.2, -0.15) is 0 Å². The number of ketones is 1. The maximum atomic E-state index is 11.9. The maximum Gasteiger partial charge on any atom is 0.201 e. The molecule has 1 saturated carbocycles. The van der Waals surface area contributed by atoms with Crippen LogP contribution in [0.25, 0.3) is 17.5 Å². The van der Waals surface area contributed by atoms with E-state index in [-0.39, 0.29) is 17.3 Å². The summed E-state index contributed by atoms with van der Waals surface area (Å²) in [4.78, 5) is 37.4. The average Bonchev–Trinajstić information content (AvgIpc) is 3.49. The van der Waals surface area contributed by atoms with Crippen LogP contribution in [0.1, 0.15) is 49.2 Å². The van der Waals surface area contributed by atoms with Crippen LogP contribution in [0.4, 0.5) is 0 Å².